The van der Waals surface area contributed by atoms with Crippen molar-refractivity contribution in [3.8, 4) is 0 Å². The number of aryl methyl sites for hydroxylation is 1. The van der Waals surface area contributed by atoms with E-state index in [2.05, 4.69) is 11.1 Å². The molecule has 0 spiro atoms. The molecular weight excluding hydrogens is 340 g/mol. The van der Waals surface area contributed by atoms with Gasteiger partial charge in [-0.15, -0.1) is 0 Å². The van der Waals surface area contributed by atoms with Gasteiger partial charge in [-0.3, -0.25) is 9.48 Å². The average molecular weight is 364 g/mol. The summed E-state index contributed by atoms with van der Waals surface area (Å²) >= 11 is 0. The van der Waals surface area contributed by atoms with Crippen molar-refractivity contribution < 1.29 is 9.53 Å². The molecule has 4 rings (SSSR count). The van der Waals surface area contributed by atoms with Crippen LogP contribution in [0.25, 0.3) is 11.0 Å². The van der Waals surface area contributed by atoms with Crippen molar-refractivity contribution in [3.05, 3.63) is 59.4 Å². The summed E-state index contributed by atoms with van der Waals surface area (Å²) in [6.45, 7) is 2.07. The van der Waals surface area contributed by atoms with Crippen molar-refractivity contribution in [2.24, 2.45) is 7.05 Å². The fourth-order valence-electron chi connectivity index (χ4n) is 3.87. The zero-order chi connectivity index (χ0) is 18.8. The Bertz CT molecular complexity index is 940. The molecule has 0 unspecified atom stereocenters. The molecule has 0 bridgehead atoms. The summed E-state index contributed by atoms with van der Waals surface area (Å²) in [7, 11) is 3.61. The number of hydrogen-bond acceptors (Lipinski definition) is 4. The normalized spacial score (nSPS) is 15.4. The van der Waals surface area contributed by atoms with Crippen LogP contribution in [0.15, 0.2) is 42.6 Å². The number of methoxy groups -OCH3 is 1. The van der Waals surface area contributed by atoms with E-state index in [0.29, 0.717) is 12.5 Å². The molecule has 140 valence electrons. The van der Waals surface area contributed by atoms with E-state index in [0.717, 1.165) is 53.8 Å². The Morgan fingerprint density at radius 2 is 1.93 bits per heavy atom. The van der Waals surface area contributed by atoms with E-state index in [1.54, 1.807) is 13.3 Å². The van der Waals surface area contributed by atoms with Gasteiger partial charge in [0.15, 0.2) is 5.65 Å². The van der Waals surface area contributed by atoms with Crippen LogP contribution in [0.2, 0.25) is 0 Å². The largest absolute Gasteiger partial charge is 0.380 e. The van der Waals surface area contributed by atoms with Crippen LogP contribution in [0, 0.1) is 0 Å². The minimum Gasteiger partial charge on any atom is -0.380 e. The van der Waals surface area contributed by atoms with Crippen molar-refractivity contribution >= 4 is 16.9 Å². The molecule has 1 aliphatic heterocycles. The van der Waals surface area contributed by atoms with E-state index in [4.69, 9.17) is 9.84 Å². The second-order valence-electron chi connectivity index (χ2n) is 7.08. The molecule has 1 aliphatic rings. The van der Waals surface area contributed by atoms with Crippen molar-refractivity contribution in [2.75, 3.05) is 20.2 Å². The number of nitrogens with zero attached hydrogens (tertiary/aromatic N) is 4. The predicted molar refractivity (Wildman–Crippen MR) is 104 cm³/mol. The molecule has 3 aromatic rings. The Morgan fingerprint density at radius 1 is 1.19 bits per heavy atom. The highest BCUT2D eigenvalue weighted by molar-refractivity contribution is 5.94. The van der Waals surface area contributed by atoms with Gasteiger partial charge in [0.2, 0.25) is 0 Å². The number of benzene rings is 1. The average Bonchev–Trinajstić information content (AvgIpc) is 3.05. The van der Waals surface area contributed by atoms with Gasteiger partial charge in [0.1, 0.15) is 0 Å². The molecule has 0 aliphatic carbocycles. The van der Waals surface area contributed by atoms with E-state index in [1.165, 1.54) is 0 Å². The predicted octanol–water partition coefficient (Wildman–Crippen LogP) is 3.13. The zero-order valence-corrected chi connectivity index (χ0v) is 15.8. The van der Waals surface area contributed by atoms with Gasteiger partial charge in [0.05, 0.1) is 12.3 Å². The summed E-state index contributed by atoms with van der Waals surface area (Å²) in [5, 5.41) is 5.83. The van der Waals surface area contributed by atoms with Gasteiger partial charge in [-0.05, 0) is 42.7 Å². The third-order valence-corrected chi connectivity index (χ3v) is 5.31. The SMILES string of the molecule is COCc1ccc(C(=O)N2CCC(c3nn(C)c4ncccc34)CC2)cc1. The van der Waals surface area contributed by atoms with Crippen LogP contribution in [0.4, 0.5) is 0 Å². The fourth-order valence-corrected chi connectivity index (χ4v) is 3.87. The standard InChI is InChI=1S/C21H24N4O2/c1-24-20-18(4-3-11-22-20)19(23-24)16-9-12-25(13-10-16)21(26)17-7-5-15(6-8-17)14-27-2/h3-8,11,16H,9-10,12-14H2,1-2H3. The quantitative estimate of drug-likeness (QED) is 0.714. The second-order valence-corrected chi connectivity index (χ2v) is 7.08. The Morgan fingerprint density at radius 3 is 2.63 bits per heavy atom. The van der Waals surface area contributed by atoms with Crippen LogP contribution >= 0.6 is 0 Å². The maximum Gasteiger partial charge on any atom is 0.253 e. The maximum atomic E-state index is 12.8. The highest BCUT2D eigenvalue weighted by atomic mass is 16.5. The number of pyridine rings is 1. The summed E-state index contributed by atoms with van der Waals surface area (Å²) in [5.41, 5.74) is 3.84. The number of rotatable bonds is 4. The van der Waals surface area contributed by atoms with Crippen molar-refractivity contribution in [1.82, 2.24) is 19.7 Å². The van der Waals surface area contributed by atoms with Crippen LogP contribution in [-0.4, -0.2) is 45.8 Å². The van der Waals surface area contributed by atoms with Crippen LogP contribution in [0.1, 0.15) is 40.4 Å². The van der Waals surface area contributed by atoms with Crippen molar-refractivity contribution in [1.29, 1.82) is 0 Å². The van der Waals surface area contributed by atoms with Crippen molar-refractivity contribution in [3.63, 3.8) is 0 Å². The molecule has 1 fully saturated rings. The first-order valence-corrected chi connectivity index (χ1v) is 9.32. The molecule has 1 aromatic carbocycles. The molecular formula is C21H24N4O2. The summed E-state index contributed by atoms with van der Waals surface area (Å²) in [6, 6.07) is 11.7. The number of aromatic nitrogens is 3. The molecule has 0 saturated carbocycles. The molecule has 2 aromatic heterocycles. The van der Waals surface area contributed by atoms with Crippen molar-refractivity contribution in [2.45, 2.75) is 25.4 Å². The smallest absolute Gasteiger partial charge is 0.253 e. The lowest BCUT2D eigenvalue weighted by Crippen LogP contribution is -2.38. The van der Waals surface area contributed by atoms with Crippen LogP contribution in [-0.2, 0) is 18.4 Å². The third-order valence-electron chi connectivity index (χ3n) is 5.31. The first-order chi connectivity index (χ1) is 13.2. The molecule has 0 atom stereocenters. The number of likely N-dealkylation sites (tertiary alicyclic amines) is 1. The van der Waals surface area contributed by atoms with E-state index in [-0.39, 0.29) is 5.91 Å². The summed E-state index contributed by atoms with van der Waals surface area (Å²) in [4.78, 5) is 19.2. The molecule has 1 saturated heterocycles. The van der Waals surface area contributed by atoms with Crippen LogP contribution < -0.4 is 0 Å². The molecule has 6 nitrogen and oxygen atoms in total. The number of amides is 1. The van der Waals surface area contributed by atoms with E-state index in [9.17, 15) is 4.79 Å². The topological polar surface area (TPSA) is 60.2 Å². The highest BCUT2D eigenvalue weighted by Gasteiger charge is 2.27. The van der Waals surface area contributed by atoms with Gasteiger partial charge in [0.25, 0.3) is 5.91 Å². The summed E-state index contributed by atoms with van der Waals surface area (Å²) < 4.78 is 6.97. The van der Waals surface area contributed by atoms with E-state index >= 15 is 0 Å². The molecule has 6 heteroatoms. The summed E-state index contributed by atoms with van der Waals surface area (Å²) in [5.74, 6) is 0.469. The Hall–Kier alpha value is -2.73. The van der Waals surface area contributed by atoms with Gasteiger partial charge in [-0.2, -0.15) is 5.10 Å². The highest BCUT2D eigenvalue weighted by Crippen LogP contribution is 2.32. The lowest BCUT2D eigenvalue weighted by atomic mass is 9.91. The van der Waals surface area contributed by atoms with Gasteiger partial charge in [0, 0.05) is 50.3 Å². The number of ether oxygens (including phenoxy) is 1. The number of hydrogen-bond donors (Lipinski definition) is 0. The number of piperidine rings is 1. The Kier molecular flexibility index (Phi) is 4.90. The maximum absolute atomic E-state index is 12.8. The zero-order valence-electron chi connectivity index (χ0n) is 15.8. The number of carbonyl (C=O) groups excluding carboxylic acids is 1. The van der Waals surface area contributed by atoms with Crippen LogP contribution in [0.5, 0.6) is 0 Å². The van der Waals surface area contributed by atoms with Gasteiger partial charge < -0.3 is 9.64 Å². The van der Waals surface area contributed by atoms with E-state index < -0.39 is 0 Å². The Labute approximate surface area is 158 Å². The van der Waals surface area contributed by atoms with Crippen LogP contribution in [0.3, 0.4) is 0 Å². The molecule has 0 N–H and O–H groups in total. The second kappa shape index (κ2) is 7.48. The first-order valence-electron chi connectivity index (χ1n) is 9.32. The molecule has 27 heavy (non-hydrogen) atoms. The summed E-state index contributed by atoms with van der Waals surface area (Å²) in [6.07, 6.45) is 3.65. The monoisotopic (exact) mass is 364 g/mol. The fraction of sp³-hybridized carbons (Fsp3) is 0.381. The molecule has 1 amide bonds. The number of carbonyl (C=O) groups is 1. The van der Waals surface area contributed by atoms with Gasteiger partial charge in [-0.25, -0.2) is 4.98 Å². The minimum absolute atomic E-state index is 0.102. The lowest BCUT2D eigenvalue weighted by molar-refractivity contribution is 0.0712. The van der Waals surface area contributed by atoms with Gasteiger partial charge in [-0.1, -0.05) is 12.1 Å². The molecule has 3 heterocycles. The third kappa shape index (κ3) is 3.45. The van der Waals surface area contributed by atoms with E-state index in [1.807, 2.05) is 47.0 Å². The van der Waals surface area contributed by atoms with Gasteiger partial charge >= 0.3 is 0 Å². The minimum atomic E-state index is 0.102. The lowest BCUT2D eigenvalue weighted by Gasteiger charge is -2.31. The Balaban J connectivity index is 1.44. The molecule has 0 radical (unpaired) electrons. The first kappa shape index (κ1) is 17.7. The number of fused-ring (bicyclic) bond motifs is 1.